The lowest BCUT2D eigenvalue weighted by Crippen LogP contribution is -2.54. The zero-order chi connectivity index (χ0) is 12.0. The molecule has 0 spiro atoms. The quantitative estimate of drug-likeness (QED) is 0.725. The van der Waals surface area contributed by atoms with Crippen molar-refractivity contribution in [2.75, 3.05) is 27.2 Å². The molecule has 0 aromatic heterocycles. The highest BCUT2D eigenvalue weighted by Crippen LogP contribution is 2.30. The maximum atomic E-state index is 9.54. The summed E-state index contributed by atoms with van der Waals surface area (Å²) >= 11 is 0. The van der Waals surface area contributed by atoms with E-state index in [9.17, 15) is 5.11 Å². The van der Waals surface area contributed by atoms with Crippen LogP contribution in [0.15, 0.2) is 0 Å². The minimum Gasteiger partial charge on any atom is -0.394 e. The van der Waals surface area contributed by atoms with Gasteiger partial charge >= 0.3 is 0 Å². The maximum absolute atomic E-state index is 9.54. The van der Waals surface area contributed by atoms with Gasteiger partial charge in [-0.15, -0.1) is 0 Å². The van der Waals surface area contributed by atoms with Crippen molar-refractivity contribution in [1.29, 1.82) is 0 Å². The first-order valence-corrected chi connectivity index (χ1v) is 6.67. The summed E-state index contributed by atoms with van der Waals surface area (Å²) in [5, 5.41) is 12.9. The van der Waals surface area contributed by atoms with Crippen LogP contribution >= 0.6 is 0 Å². The highest BCUT2D eigenvalue weighted by Gasteiger charge is 2.35. The lowest BCUT2D eigenvalue weighted by atomic mass is 9.79. The van der Waals surface area contributed by atoms with E-state index in [-0.39, 0.29) is 12.1 Å². The zero-order valence-electron chi connectivity index (χ0n) is 11.1. The monoisotopic (exact) mass is 228 g/mol. The van der Waals surface area contributed by atoms with E-state index in [4.69, 9.17) is 0 Å². The van der Waals surface area contributed by atoms with Crippen LogP contribution in [0.3, 0.4) is 0 Å². The van der Waals surface area contributed by atoms with Crippen molar-refractivity contribution in [3.05, 3.63) is 0 Å². The van der Waals surface area contributed by atoms with Gasteiger partial charge in [-0.1, -0.05) is 13.3 Å². The second kappa shape index (κ2) is 6.58. The van der Waals surface area contributed by atoms with Gasteiger partial charge in [0.1, 0.15) is 0 Å². The number of likely N-dealkylation sites (N-methyl/N-ethyl adjacent to an activating group) is 1. The normalized spacial score (nSPS) is 30.9. The van der Waals surface area contributed by atoms with Gasteiger partial charge in [0, 0.05) is 11.6 Å². The first-order valence-electron chi connectivity index (χ1n) is 6.67. The van der Waals surface area contributed by atoms with Crippen LogP contribution in [0, 0.1) is 0 Å². The standard InChI is InChI=1S/C13H28N2O/c1-4-5-9-15(3)12-7-6-8-13(10-12,11-16)14-2/h12,14,16H,4-11H2,1-3H3. The molecule has 1 aliphatic carbocycles. The summed E-state index contributed by atoms with van der Waals surface area (Å²) in [7, 11) is 4.20. The zero-order valence-corrected chi connectivity index (χ0v) is 11.1. The fraction of sp³-hybridized carbons (Fsp3) is 1.00. The van der Waals surface area contributed by atoms with E-state index < -0.39 is 0 Å². The molecule has 0 radical (unpaired) electrons. The summed E-state index contributed by atoms with van der Waals surface area (Å²) in [6.45, 7) is 3.69. The lowest BCUT2D eigenvalue weighted by Gasteiger charge is -2.43. The molecule has 2 atom stereocenters. The highest BCUT2D eigenvalue weighted by molar-refractivity contribution is 4.95. The second-order valence-corrected chi connectivity index (χ2v) is 5.27. The third-order valence-electron chi connectivity index (χ3n) is 4.14. The van der Waals surface area contributed by atoms with Crippen molar-refractivity contribution >= 4 is 0 Å². The van der Waals surface area contributed by atoms with Crippen LogP contribution in [0.2, 0.25) is 0 Å². The minimum absolute atomic E-state index is 0.0244. The largest absolute Gasteiger partial charge is 0.394 e. The number of aliphatic hydroxyl groups is 1. The topological polar surface area (TPSA) is 35.5 Å². The summed E-state index contributed by atoms with van der Waals surface area (Å²) in [5.41, 5.74) is -0.0244. The Morgan fingerprint density at radius 1 is 1.50 bits per heavy atom. The first-order chi connectivity index (χ1) is 7.67. The molecule has 0 saturated heterocycles. The Kier molecular flexibility index (Phi) is 5.73. The van der Waals surface area contributed by atoms with Crippen LogP contribution < -0.4 is 5.32 Å². The van der Waals surface area contributed by atoms with Crippen LogP contribution in [-0.2, 0) is 0 Å². The van der Waals surface area contributed by atoms with Gasteiger partial charge in [0.2, 0.25) is 0 Å². The van der Waals surface area contributed by atoms with Crippen LogP contribution in [0.5, 0.6) is 0 Å². The Hall–Kier alpha value is -0.120. The van der Waals surface area contributed by atoms with E-state index in [1.54, 1.807) is 0 Å². The van der Waals surface area contributed by atoms with Crippen molar-refractivity contribution in [1.82, 2.24) is 10.2 Å². The maximum Gasteiger partial charge on any atom is 0.0613 e. The predicted octanol–water partition coefficient (Wildman–Crippen LogP) is 1.61. The molecule has 96 valence electrons. The second-order valence-electron chi connectivity index (χ2n) is 5.27. The Morgan fingerprint density at radius 3 is 2.81 bits per heavy atom. The third-order valence-corrected chi connectivity index (χ3v) is 4.14. The molecule has 1 aliphatic rings. The Labute approximate surface area is 100 Å². The smallest absolute Gasteiger partial charge is 0.0613 e. The average Bonchev–Trinajstić information content (AvgIpc) is 2.35. The molecule has 0 bridgehead atoms. The molecule has 3 nitrogen and oxygen atoms in total. The van der Waals surface area contributed by atoms with Crippen molar-refractivity contribution in [3.63, 3.8) is 0 Å². The van der Waals surface area contributed by atoms with E-state index in [0.29, 0.717) is 6.04 Å². The van der Waals surface area contributed by atoms with Crippen LogP contribution in [0.1, 0.15) is 45.4 Å². The van der Waals surface area contributed by atoms with E-state index in [2.05, 4.69) is 24.2 Å². The minimum atomic E-state index is -0.0244. The SMILES string of the molecule is CCCCN(C)C1CCCC(CO)(NC)C1. The van der Waals surface area contributed by atoms with Gasteiger partial charge in [0.15, 0.2) is 0 Å². The van der Waals surface area contributed by atoms with Crippen molar-refractivity contribution < 1.29 is 5.11 Å². The van der Waals surface area contributed by atoms with E-state index >= 15 is 0 Å². The van der Waals surface area contributed by atoms with Gasteiger partial charge in [0.25, 0.3) is 0 Å². The molecule has 0 aromatic rings. The molecular weight excluding hydrogens is 200 g/mol. The number of nitrogens with zero attached hydrogens (tertiary/aromatic N) is 1. The molecule has 0 heterocycles. The number of hydrogen-bond acceptors (Lipinski definition) is 3. The van der Waals surface area contributed by atoms with Gasteiger partial charge < -0.3 is 15.3 Å². The molecule has 2 unspecified atom stereocenters. The molecule has 2 N–H and O–H groups in total. The number of hydrogen-bond donors (Lipinski definition) is 2. The number of aliphatic hydroxyl groups excluding tert-OH is 1. The van der Waals surface area contributed by atoms with E-state index in [1.807, 2.05) is 7.05 Å². The average molecular weight is 228 g/mol. The summed E-state index contributed by atoms with van der Waals surface area (Å²) < 4.78 is 0. The van der Waals surface area contributed by atoms with Crippen molar-refractivity contribution in [3.8, 4) is 0 Å². The lowest BCUT2D eigenvalue weighted by molar-refractivity contribution is 0.0743. The van der Waals surface area contributed by atoms with E-state index in [0.717, 1.165) is 12.8 Å². The molecule has 3 heteroatoms. The summed E-state index contributed by atoms with van der Waals surface area (Å²) in [6.07, 6.45) is 7.23. The van der Waals surface area contributed by atoms with Crippen LogP contribution in [0.25, 0.3) is 0 Å². The fourth-order valence-corrected chi connectivity index (χ4v) is 2.75. The van der Waals surface area contributed by atoms with Gasteiger partial charge in [-0.25, -0.2) is 0 Å². The third kappa shape index (κ3) is 3.44. The number of unbranched alkanes of at least 4 members (excludes halogenated alkanes) is 1. The van der Waals surface area contributed by atoms with Gasteiger partial charge in [0.05, 0.1) is 6.61 Å². The van der Waals surface area contributed by atoms with Gasteiger partial charge in [-0.05, 0) is 52.7 Å². The molecule has 0 amide bonds. The fourth-order valence-electron chi connectivity index (χ4n) is 2.75. The highest BCUT2D eigenvalue weighted by atomic mass is 16.3. The van der Waals surface area contributed by atoms with Crippen LogP contribution in [0.4, 0.5) is 0 Å². The van der Waals surface area contributed by atoms with E-state index in [1.165, 1.54) is 32.2 Å². The Balaban J connectivity index is 2.48. The molecule has 0 aliphatic heterocycles. The summed E-state index contributed by atoms with van der Waals surface area (Å²) in [5.74, 6) is 0. The molecule has 1 fully saturated rings. The van der Waals surface area contributed by atoms with Gasteiger partial charge in [-0.2, -0.15) is 0 Å². The van der Waals surface area contributed by atoms with Crippen LogP contribution in [-0.4, -0.2) is 48.8 Å². The van der Waals surface area contributed by atoms with Crippen molar-refractivity contribution in [2.24, 2.45) is 0 Å². The predicted molar refractivity (Wildman–Crippen MR) is 68.7 cm³/mol. The Bertz CT molecular complexity index is 192. The van der Waals surface area contributed by atoms with Gasteiger partial charge in [-0.3, -0.25) is 0 Å². The molecular formula is C13H28N2O. The Morgan fingerprint density at radius 2 is 2.25 bits per heavy atom. The van der Waals surface area contributed by atoms with Crippen molar-refractivity contribution in [2.45, 2.75) is 57.0 Å². The molecule has 0 aromatic carbocycles. The molecule has 16 heavy (non-hydrogen) atoms. The first kappa shape index (κ1) is 13.9. The molecule has 1 saturated carbocycles. The number of rotatable bonds is 6. The summed E-state index contributed by atoms with van der Waals surface area (Å²) in [4.78, 5) is 2.48. The molecule has 1 rings (SSSR count). The summed E-state index contributed by atoms with van der Waals surface area (Å²) in [6, 6.07) is 0.639. The number of nitrogens with one attached hydrogen (secondary N) is 1.